The molecule has 6 heteroatoms. The molecule has 0 aliphatic heterocycles. The topological polar surface area (TPSA) is 51.1 Å². The van der Waals surface area contributed by atoms with Gasteiger partial charge in [-0.15, -0.1) is 0 Å². The number of carbonyl (C=O) groups is 1. The van der Waals surface area contributed by atoms with Gasteiger partial charge in [-0.25, -0.2) is 4.39 Å². The Morgan fingerprint density at radius 2 is 1.50 bits per heavy atom. The maximum atomic E-state index is 13.6. The van der Waals surface area contributed by atoms with E-state index in [-0.39, 0.29) is 23.7 Å². The molecule has 0 saturated heterocycles. The number of nitrogens with zero attached hydrogens (tertiary/aromatic N) is 1. The number of carbonyl (C=O) groups excluding carboxylic acids is 1. The third-order valence-electron chi connectivity index (χ3n) is 4.96. The number of thioether (sulfide) groups is 1. The molecule has 4 aromatic rings. The normalized spacial score (nSPS) is 11.1. The van der Waals surface area contributed by atoms with Crippen LogP contribution in [0.1, 0.15) is 5.56 Å². The van der Waals surface area contributed by atoms with Gasteiger partial charge in [0.15, 0.2) is 5.43 Å². The molecule has 0 aliphatic rings. The Hall–Kier alpha value is -3.12. The van der Waals surface area contributed by atoms with E-state index in [1.807, 2.05) is 47.0 Å². The predicted molar refractivity (Wildman–Crippen MR) is 121 cm³/mol. The summed E-state index contributed by atoms with van der Waals surface area (Å²) in [6.45, 7) is 0.618. The summed E-state index contributed by atoms with van der Waals surface area (Å²) in [5.74, 6) is 0.926. The molecular weight excluding hydrogens is 399 g/mol. The second-order valence-electron chi connectivity index (χ2n) is 6.94. The Kier molecular flexibility index (Phi) is 6.14. The first-order valence-corrected chi connectivity index (χ1v) is 10.9. The highest BCUT2D eigenvalue weighted by Gasteiger charge is 2.12. The van der Waals surface area contributed by atoms with Crippen molar-refractivity contribution in [3.63, 3.8) is 0 Å². The molecule has 4 rings (SSSR count). The minimum atomic E-state index is -0.203. The zero-order chi connectivity index (χ0) is 20.9. The fraction of sp³-hybridized carbons (Fsp3) is 0.167. The Morgan fingerprint density at radius 3 is 2.17 bits per heavy atom. The van der Waals surface area contributed by atoms with Gasteiger partial charge in [0.2, 0.25) is 5.91 Å². The molecule has 0 saturated carbocycles. The Bertz CT molecular complexity index is 1210. The molecule has 1 heterocycles. The van der Waals surface area contributed by atoms with Gasteiger partial charge in [0.1, 0.15) is 12.4 Å². The summed E-state index contributed by atoms with van der Waals surface area (Å²) in [5, 5.41) is 4.13. The standard InChI is InChI=1S/C24H21FN2O2S/c25-20-10-4-1-7-17(20)16-30-14-13-26-23(28)15-27-21-11-5-2-8-18(21)24(29)19-9-3-6-12-22(19)27/h1-12H,13-16H2,(H,26,28). The van der Waals surface area contributed by atoms with E-state index in [2.05, 4.69) is 5.32 Å². The number of para-hydroxylation sites is 2. The zero-order valence-electron chi connectivity index (χ0n) is 16.3. The highest BCUT2D eigenvalue weighted by atomic mass is 32.2. The Morgan fingerprint density at radius 1 is 0.900 bits per heavy atom. The van der Waals surface area contributed by atoms with Crippen LogP contribution in [0.3, 0.4) is 0 Å². The average Bonchev–Trinajstić information content (AvgIpc) is 2.77. The number of hydrogen-bond donors (Lipinski definition) is 1. The van der Waals surface area contributed by atoms with Crippen LogP contribution in [0.15, 0.2) is 77.6 Å². The number of aromatic nitrogens is 1. The summed E-state index contributed by atoms with van der Waals surface area (Å²) in [7, 11) is 0. The number of rotatable bonds is 7. The lowest BCUT2D eigenvalue weighted by Crippen LogP contribution is -2.30. The van der Waals surface area contributed by atoms with Gasteiger partial charge in [-0.2, -0.15) is 11.8 Å². The number of amides is 1. The molecule has 0 atom stereocenters. The summed E-state index contributed by atoms with van der Waals surface area (Å²) in [4.78, 5) is 25.4. The second-order valence-corrected chi connectivity index (χ2v) is 8.05. The molecule has 0 radical (unpaired) electrons. The lowest BCUT2D eigenvalue weighted by molar-refractivity contribution is -0.121. The number of benzene rings is 3. The van der Waals surface area contributed by atoms with E-state index >= 15 is 0 Å². The van der Waals surface area contributed by atoms with Crippen molar-refractivity contribution < 1.29 is 9.18 Å². The van der Waals surface area contributed by atoms with Gasteiger partial charge in [-0.3, -0.25) is 9.59 Å². The average molecular weight is 421 g/mol. The molecule has 0 fully saturated rings. The third kappa shape index (κ3) is 4.24. The minimum absolute atomic E-state index is 0.0256. The van der Waals surface area contributed by atoms with Gasteiger partial charge >= 0.3 is 0 Å². The fourth-order valence-electron chi connectivity index (χ4n) is 3.51. The van der Waals surface area contributed by atoms with Gasteiger partial charge in [0.25, 0.3) is 0 Å². The Labute approximate surface area is 177 Å². The van der Waals surface area contributed by atoms with Crippen molar-refractivity contribution in [1.82, 2.24) is 9.88 Å². The Balaban J connectivity index is 1.43. The van der Waals surface area contributed by atoms with Crippen LogP contribution in [0.2, 0.25) is 0 Å². The minimum Gasteiger partial charge on any atom is -0.354 e. The summed E-state index contributed by atoms with van der Waals surface area (Å²) in [6.07, 6.45) is 0. The van der Waals surface area contributed by atoms with Gasteiger partial charge < -0.3 is 9.88 Å². The van der Waals surface area contributed by atoms with Gasteiger partial charge in [0.05, 0.1) is 11.0 Å². The van der Waals surface area contributed by atoms with Crippen LogP contribution in [0.4, 0.5) is 4.39 Å². The van der Waals surface area contributed by atoms with Crippen LogP contribution in [0.25, 0.3) is 21.8 Å². The second kappa shape index (κ2) is 9.13. The lowest BCUT2D eigenvalue weighted by Gasteiger charge is -2.15. The van der Waals surface area contributed by atoms with Crippen LogP contribution in [-0.4, -0.2) is 22.8 Å². The lowest BCUT2D eigenvalue weighted by atomic mass is 10.1. The van der Waals surface area contributed by atoms with E-state index in [4.69, 9.17) is 0 Å². The van der Waals surface area contributed by atoms with E-state index in [1.54, 1.807) is 36.0 Å². The quantitative estimate of drug-likeness (QED) is 0.357. The molecule has 0 spiro atoms. The number of halogens is 1. The maximum absolute atomic E-state index is 13.6. The smallest absolute Gasteiger partial charge is 0.239 e. The summed E-state index contributed by atoms with van der Waals surface area (Å²) in [6, 6.07) is 21.4. The maximum Gasteiger partial charge on any atom is 0.239 e. The molecule has 30 heavy (non-hydrogen) atoms. The van der Waals surface area contributed by atoms with Crippen molar-refractivity contribution in [2.45, 2.75) is 12.3 Å². The molecule has 1 N–H and O–H groups in total. The van der Waals surface area contributed by atoms with Crippen molar-refractivity contribution >= 4 is 39.5 Å². The van der Waals surface area contributed by atoms with Crippen LogP contribution < -0.4 is 10.7 Å². The molecule has 0 bridgehead atoms. The summed E-state index contributed by atoms with van der Waals surface area (Å²) in [5.41, 5.74) is 2.12. The zero-order valence-corrected chi connectivity index (χ0v) is 17.1. The van der Waals surface area contributed by atoms with Crippen molar-refractivity contribution in [2.75, 3.05) is 12.3 Å². The first kappa shape index (κ1) is 20.2. The molecular formula is C24H21FN2O2S. The van der Waals surface area contributed by atoms with E-state index < -0.39 is 0 Å². The van der Waals surface area contributed by atoms with Crippen molar-refractivity contribution in [3.8, 4) is 0 Å². The van der Waals surface area contributed by atoms with E-state index in [1.165, 1.54) is 6.07 Å². The highest BCUT2D eigenvalue weighted by Crippen LogP contribution is 2.19. The van der Waals surface area contributed by atoms with Crippen LogP contribution in [-0.2, 0) is 17.1 Å². The van der Waals surface area contributed by atoms with Gasteiger partial charge in [-0.1, -0.05) is 42.5 Å². The van der Waals surface area contributed by atoms with Crippen LogP contribution in [0.5, 0.6) is 0 Å². The molecule has 0 unspecified atom stereocenters. The largest absolute Gasteiger partial charge is 0.354 e. The monoisotopic (exact) mass is 420 g/mol. The number of hydrogen-bond acceptors (Lipinski definition) is 3. The van der Waals surface area contributed by atoms with Crippen LogP contribution in [0, 0.1) is 5.82 Å². The first-order valence-electron chi connectivity index (χ1n) is 9.73. The molecule has 1 amide bonds. The van der Waals surface area contributed by atoms with Crippen molar-refractivity contribution in [3.05, 3.63) is 94.4 Å². The van der Waals surface area contributed by atoms with Crippen LogP contribution >= 0.6 is 11.8 Å². The molecule has 0 aliphatic carbocycles. The van der Waals surface area contributed by atoms with E-state index in [0.717, 1.165) is 11.0 Å². The molecule has 1 aromatic heterocycles. The van der Waals surface area contributed by atoms with E-state index in [9.17, 15) is 14.0 Å². The number of pyridine rings is 1. The van der Waals surface area contributed by atoms with Gasteiger partial charge in [-0.05, 0) is 35.9 Å². The molecule has 4 nitrogen and oxygen atoms in total. The molecule has 152 valence electrons. The third-order valence-corrected chi connectivity index (χ3v) is 5.97. The summed E-state index contributed by atoms with van der Waals surface area (Å²) < 4.78 is 15.5. The first-order chi connectivity index (χ1) is 14.6. The SMILES string of the molecule is O=C(Cn1c2ccccc2c(=O)c2ccccc21)NCCSCc1ccccc1F. The number of nitrogens with one attached hydrogen (secondary N) is 1. The number of fused-ring (bicyclic) bond motifs is 2. The fourth-order valence-corrected chi connectivity index (χ4v) is 4.35. The highest BCUT2D eigenvalue weighted by molar-refractivity contribution is 7.98. The van der Waals surface area contributed by atoms with Crippen molar-refractivity contribution in [2.24, 2.45) is 0 Å². The van der Waals surface area contributed by atoms with E-state index in [0.29, 0.717) is 34.4 Å². The summed E-state index contributed by atoms with van der Waals surface area (Å²) >= 11 is 1.57. The van der Waals surface area contributed by atoms with Gasteiger partial charge in [0, 0.05) is 28.8 Å². The predicted octanol–water partition coefficient (Wildman–Crippen LogP) is 4.34. The molecule has 3 aromatic carbocycles. The van der Waals surface area contributed by atoms with Crippen molar-refractivity contribution in [1.29, 1.82) is 0 Å².